The van der Waals surface area contributed by atoms with E-state index in [2.05, 4.69) is 20.1 Å². The highest BCUT2D eigenvalue weighted by Crippen LogP contribution is 2.16. The molecule has 144 valence electrons. The number of rotatable bonds is 7. The van der Waals surface area contributed by atoms with Gasteiger partial charge in [0.25, 0.3) is 0 Å². The molecule has 0 atom stereocenters. The molecule has 1 aliphatic rings. The van der Waals surface area contributed by atoms with Crippen molar-refractivity contribution in [3.63, 3.8) is 0 Å². The Morgan fingerprint density at radius 3 is 2.81 bits per heavy atom. The van der Waals surface area contributed by atoms with Crippen molar-refractivity contribution in [3.05, 3.63) is 12.4 Å². The first-order valence-electron chi connectivity index (χ1n) is 8.94. The zero-order chi connectivity index (χ0) is 18.9. The van der Waals surface area contributed by atoms with Gasteiger partial charge in [-0.05, 0) is 19.8 Å². The molecule has 9 heteroatoms. The maximum absolute atomic E-state index is 12.5. The molecule has 0 bridgehead atoms. The van der Waals surface area contributed by atoms with E-state index in [9.17, 15) is 9.59 Å². The number of carbonyl (C=O) groups excluding carboxylic acids is 2. The van der Waals surface area contributed by atoms with Crippen LogP contribution in [0.3, 0.4) is 0 Å². The van der Waals surface area contributed by atoms with E-state index in [4.69, 9.17) is 0 Å². The Bertz CT molecular complexity index is 642. The van der Waals surface area contributed by atoms with E-state index in [1.165, 1.54) is 7.11 Å². The maximum Gasteiger partial charge on any atom is 0.305 e. The number of ether oxygens (including phenoxy) is 1. The van der Waals surface area contributed by atoms with Crippen LogP contribution in [0.1, 0.15) is 26.2 Å². The Morgan fingerprint density at radius 2 is 2.19 bits per heavy atom. The Kier molecular flexibility index (Phi) is 7.43. The number of hydrogen-bond acceptors (Lipinski definition) is 5. The number of amides is 1. The number of nitrogens with zero attached hydrogens (tertiary/aromatic N) is 5. The van der Waals surface area contributed by atoms with Crippen molar-refractivity contribution in [3.8, 4) is 0 Å². The van der Waals surface area contributed by atoms with Gasteiger partial charge in [-0.3, -0.25) is 19.3 Å². The fourth-order valence-electron chi connectivity index (χ4n) is 2.77. The van der Waals surface area contributed by atoms with E-state index < -0.39 is 0 Å². The molecular formula is C17H28N6O3. The molecular weight excluding hydrogens is 336 g/mol. The molecule has 1 saturated heterocycles. The number of methoxy groups -OCH3 is 1. The van der Waals surface area contributed by atoms with Crippen LogP contribution in [-0.4, -0.2) is 72.4 Å². The normalized spacial score (nSPS) is 15.3. The van der Waals surface area contributed by atoms with Crippen molar-refractivity contribution in [2.24, 2.45) is 12.0 Å². The molecule has 0 saturated carbocycles. The SMILES string of the molecule is CCNC(=NCCCCC(=O)OC)N1CCN(c2cnn(C)c2)C(=O)C1. The van der Waals surface area contributed by atoms with Crippen molar-refractivity contribution >= 4 is 23.5 Å². The van der Waals surface area contributed by atoms with Gasteiger partial charge in [0.05, 0.1) is 19.0 Å². The molecule has 2 heterocycles. The van der Waals surface area contributed by atoms with Crippen LogP contribution in [-0.2, 0) is 21.4 Å². The van der Waals surface area contributed by atoms with Crippen LogP contribution >= 0.6 is 0 Å². The van der Waals surface area contributed by atoms with Crippen molar-refractivity contribution in [2.75, 3.05) is 44.7 Å². The predicted octanol–water partition coefficient (Wildman–Crippen LogP) is 0.378. The second-order valence-corrected chi connectivity index (χ2v) is 6.11. The van der Waals surface area contributed by atoms with Gasteiger partial charge in [-0.25, -0.2) is 0 Å². The van der Waals surface area contributed by atoms with E-state index in [0.29, 0.717) is 26.1 Å². The standard InChI is InChI=1S/C17H28N6O3/c1-4-18-17(19-8-6-5-7-16(25)26-3)22-9-10-23(15(24)13-22)14-11-20-21(2)12-14/h11-12H,4-10,13H2,1-3H3,(H,18,19). The lowest BCUT2D eigenvalue weighted by molar-refractivity contribution is -0.140. The Morgan fingerprint density at radius 1 is 1.38 bits per heavy atom. The summed E-state index contributed by atoms with van der Waals surface area (Å²) in [7, 11) is 3.23. The summed E-state index contributed by atoms with van der Waals surface area (Å²) >= 11 is 0. The average Bonchev–Trinajstić information content (AvgIpc) is 3.06. The molecule has 2 rings (SSSR count). The van der Waals surface area contributed by atoms with Gasteiger partial charge in [-0.1, -0.05) is 0 Å². The van der Waals surface area contributed by atoms with Crippen LogP contribution in [0.4, 0.5) is 5.69 Å². The van der Waals surface area contributed by atoms with E-state index in [1.54, 1.807) is 15.8 Å². The molecule has 1 N–H and O–H groups in total. The van der Waals surface area contributed by atoms with Crippen molar-refractivity contribution in [1.29, 1.82) is 0 Å². The Balaban J connectivity index is 1.88. The van der Waals surface area contributed by atoms with Gasteiger partial charge in [0.2, 0.25) is 5.91 Å². The van der Waals surface area contributed by atoms with Gasteiger partial charge in [0, 0.05) is 45.8 Å². The summed E-state index contributed by atoms with van der Waals surface area (Å²) in [6, 6.07) is 0. The van der Waals surface area contributed by atoms with Gasteiger partial charge < -0.3 is 19.9 Å². The fourth-order valence-corrected chi connectivity index (χ4v) is 2.77. The van der Waals surface area contributed by atoms with Gasteiger partial charge in [-0.2, -0.15) is 5.10 Å². The summed E-state index contributed by atoms with van der Waals surface area (Å²) in [5.41, 5.74) is 0.821. The maximum atomic E-state index is 12.5. The van der Waals surface area contributed by atoms with E-state index in [-0.39, 0.29) is 18.4 Å². The minimum atomic E-state index is -0.196. The zero-order valence-corrected chi connectivity index (χ0v) is 15.8. The quantitative estimate of drug-likeness (QED) is 0.325. The lowest BCUT2D eigenvalue weighted by atomic mass is 10.2. The Hall–Kier alpha value is -2.58. The summed E-state index contributed by atoms with van der Waals surface area (Å²) < 4.78 is 6.32. The third kappa shape index (κ3) is 5.47. The lowest BCUT2D eigenvalue weighted by Gasteiger charge is -2.35. The number of carbonyl (C=O) groups is 2. The van der Waals surface area contributed by atoms with Crippen LogP contribution in [0, 0.1) is 0 Å². The lowest BCUT2D eigenvalue weighted by Crippen LogP contribution is -2.55. The third-order valence-electron chi connectivity index (χ3n) is 4.14. The van der Waals surface area contributed by atoms with Crippen molar-refractivity contribution in [2.45, 2.75) is 26.2 Å². The summed E-state index contributed by atoms with van der Waals surface area (Å²) in [5.74, 6) is 0.573. The Labute approximate surface area is 154 Å². The molecule has 0 spiro atoms. The molecule has 1 aromatic heterocycles. The largest absolute Gasteiger partial charge is 0.469 e. The highest BCUT2D eigenvalue weighted by atomic mass is 16.5. The molecule has 1 amide bonds. The topological polar surface area (TPSA) is 92.1 Å². The summed E-state index contributed by atoms with van der Waals surface area (Å²) in [4.78, 5) is 32.0. The highest BCUT2D eigenvalue weighted by Gasteiger charge is 2.27. The van der Waals surface area contributed by atoms with Gasteiger partial charge in [0.15, 0.2) is 5.96 Å². The number of nitrogens with one attached hydrogen (secondary N) is 1. The minimum absolute atomic E-state index is 0.0283. The average molecular weight is 364 g/mol. The predicted molar refractivity (Wildman–Crippen MR) is 99.0 cm³/mol. The number of guanidine groups is 1. The van der Waals surface area contributed by atoms with E-state index in [1.807, 2.05) is 25.1 Å². The fraction of sp³-hybridized carbons (Fsp3) is 0.647. The van der Waals surface area contributed by atoms with Gasteiger partial charge in [0.1, 0.15) is 6.54 Å². The molecule has 0 unspecified atom stereocenters. The number of aliphatic imine (C=N–C) groups is 1. The molecule has 1 aromatic rings. The number of hydrogen-bond donors (Lipinski definition) is 1. The molecule has 0 aromatic carbocycles. The van der Waals surface area contributed by atoms with Crippen LogP contribution in [0.5, 0.6) is 0 Å². The minimum Gasteiger partial charge on any atom is -0.469 e. The first kappa shape index (κ1) is 19.7. The third-order valence-corrected chi connectivity index (χ3v) is 4.14. The number of anilines is 1. The van der Waals surface area contributed by atoms with E-state index >= 15 is 0 Å². The van der Waals surface area contributed by atoms with Gasteiger partial charge >= 0.3 is 5.97 Å². The number of unbranched alkanes of at least 4 members (excludes halogenated alkanes) is 1. The van der Waals surface area contributed by atoms with Crippen LogP contribution < -0.4 is 10.2 Å². The molecule has 26 heavy (non-hydrogen) atoms. The van der Waals surface area contributed by atoms with E-state index in [0.717, 1.165) is 31.0 Å². The summed E-state index contributed by atoms with van der Waals surface area (Å²) in [6.45, 7) is 4.92. The van der Waals surface area contributed by atoms with Gasteiger partial charge in [-0.15, -0.1) is 0 Å². The summed E-state index contributed by atoms with van der Waals surface area (Å²) in [5, 5.41) is 7.37. The number of piperazine rings is 1. The summed E-state index contributed by atoms with van der Waals surface area (Å²) in [6.07, 6.45) is 5.49. The molecule has 9 nitrogen and oxygen atoms in total. The smallest absolute Gasteiger partial charge is 0.305 e. The van der Waals surface area contributed by atoms with Crippen LogP contribution in [0.2, 0.25) is 0 Å². The first-order valence-corrected chi connectivity index (χ1v) is 8.94. The van der Waals surface area contributed by atoms with Crippen molar-refractivity contribution in [1.82, 2.24) is 20.0 Å². The number of aromatic nitrogens is 2. The molecule has 1 aliphatic heterocycles. The second kappa shape index (κ2) is 9.79. The molecule has 0 aliphatic carbocycles. The zero-order valence-electron chi connectivity index (χ0n) is 15.8. The van der Waals surface area contributed by atoms with Crippen molar-refractivity contribution < 1.29 is 14.3 Å². The number of esters is 1. The molecule has 1 fully saturated rings. The highest BCUT2D eigenvalue weighted by molar-refractivity contribution is 5.98. The monoisotopic (exact) mass is 364 g/mol. The number of aryl methyl sites for hydroxylation is 1. The van der Waals surface area contributed by atoms with Crippen LogP contribution in [0.15, 0.2) is 17.4 Å². The van der Waals surface area contributed by atoms with Crippen LogP contribution in [0.25, 0.3) is 0 Å². The first-order chi connectivity index (χ1) is 12.5. The molecule has 0 radical (unpaired) electrons. The second-order valence-electron chi connectivity index (χ2n) is 6.11.